The van der Waals surface area contributed by atoms with Crippen molar-refractivity contribution in [3.05, 3.63) is 10.8 Å². The van der Waals surface area contributed by atoms with E-state index >= 15 is 0 Å². The maximum atomic E-state index is 8.33. The van der Waals surface area contributed by atoms with E-state index in [2.05, 4.69) is 0 Å². The van der Waals surface area contributed by atoms with Gasteiger partial charge in [0.05, 0.1) is 0 Å². The van der Waals surface area contributed by atoms with Crippen molar-refractivity contribution in [2.45, 2.75) is 0 Å². The van der Waals surface area contributed by atoms with E-state index in [0.29, 0.717) is 12.2 Å². The number of nitrogens with zero attached hydrogens (tertiary/aromatic N) is 2. The van der Waals surface area contributed by atoms with Crippen molar-refractivity contribution in [2.24, 2.45) is 0 Å². The summed E-state index contributed by atoms with van der Waals surface area (Å²) >= 11 is 0. The fourth-order valence-electron chi connectivity index (χ4n) is 0. The molecule has 0 atom stereocenters. The van der Waals surface area contributed by atoms with Gasteiger partial charge in [-0.25, -0.2) is 0 Å². The first-order valence-electron chi connectivity index (χ1n) is 2.08. The van der Waals surface area contributed by atoms with Gasteiger partial charge in [0.15, 0.2) is 0 Å². The third kappa shape index (κ3) is 3330. The van der Waals surface area contributed by atoms with Crippen LogP contribution in [0.25, 0.3) is 10.8 Å². The minimum absolute atomic E-state index is 0. The standard InChI is InChI=1S/2CNO.2CH2O3.3Ca/c2*2-1-3;2*2-1(3)4;;;/h;;2*(H2,2,3,4);;;/q2*-1;;;3*+2/p-4. The van der Waals surface area contributed by atoms with Gasteiger partial charge >= 0.3 is 113 Å². The van der Waals surface area contributed by atoms with Crippen LogP contribution in [0.3, 0.4) is 0 Å². The van der Waals surface area contributed by atoms with Crippen LogP contribution in [-0.4, -0.2) is 138 Å². The molecule has 13 heteroatoms. The van der Waals surface area contributed by atoms with Crippen LogP contribution in [0.5, 0.6) is 0 Å². The Hall–Kier alpha value is 1.08. The van der Waals surface area contributed by atoms with Gasteiger partial charge in [0.1, 0.15) is 0 Å². The third-order valence-electron chi connectivity index (χ3n) is 0. The molecule has 0 amide bonds. The summed E-state index contributed by atoms with van der Waals surface area (Å²) in [6.45, 7) is 0. The second kappa shape index (κ2) is 53.6. The first kappa shape index (κ1) is 43.0. The normalized spacial score (nSPS) is 3.76. The van der Waals surface area contributed by atoms with Crippen LogP contribution in [0.4, 0.5) is 9.59 Å². The zero-order chi connectivity index (χ0) is 12.6. The minimum atomic E-state index is -2.33. The summed E-state index contributed by atoms with van der Waals surface area (Å²) < 4.78 is 0. The first-order valence-corrected chi connectivity index (χ1v) is 2.08. The van der Waals surface area contributed by atoms with Crippen molar-refractivity contribution in [1.82, 2.24) is 0 Å². The van der Waals surface area contributed by atoms with Gasteiger partial charge in [-0.3, -0.25) is 9.59 Å². The van der Waals surface area contributed by atoms with Gasteiger partial charge in [-0.1, -0.05) is 0 Å². The molecule has 17 heavy (non-hydrogen) atoms. The van der Waals surface area contributed by atoms with E-state index in [1.807, 2.05) is 0 Å². The first-order chi connectivity index (χ1) is 6.29. The van der Waals surface area contributed by atoms with E-state index in [1.165, 1.54) is 0 Å². The van der Waals surface area contributed by atoms with Gasteiger partial charge in [0, 0.05) is 0 Å². The molecule has 0 bridgehead atoms. The van der Waals surface area contributed by atoms with Gasteiger partial charge in [0.25, 0.3) is 0 Å². The molecule has 0 aliphatic heterocycles. The van der Waals surface area contributed by atoms with Crippen LogP contribution < -0.4 is 20.4 Å². The van der Waals surface area contributed by atoms with Crippen LogP contribution in [0.2, 0.25) is 0 Å². The van der Waals surface area contributed by atoms with Gasteiger partial charge in [-0.15, -0.1) is 0 Å². The molecule has 0 aliphatic carbocycles. The van der Waals surface area contributed by atoms with Gasteiger partial charge in [0.2, 0.25) is 0 Å². The monoisotopic (exact) mass is 324 g/mol. The molecule has 0 heterocycles. The fourth-order valence-corrected chi connectivity index (χ4v) is 0. The molecular weight excluding hydrogens is 324 g/mol. The van der Waals surface area contributed by atoms with Crippen LogP contribution in [0.1, 0.15) is 0 Å². The fraction of sp³-hybridized carbons (Fsp3) is 0. The van der Waals surface area contributed by atoms with Crippen LogP contribution in [0.15, 0.2) is 0 Å². The number of hydrogen-bond donors (Lipinski definition) is 0. The molecule has 0 aromatic carbocycles. The molecule has 0 aromatic heterocycles. The van der Waals surface area contributed by atoms with Crippen molar-refractivity contribution in [3.8, 4) is 0 Å². The molecule has 0 rings (SSSR count). The molecule has 0 radical (unpaired) electrons. The van der Waals surface area contributed by atoms with E-state index < -0.39 is 12.3 Å². The zero-order valence-corrected chi connectivity index (χ0v) is 14.9. The van der Waals surface area contributed by atoms with Gasteiger partial charge in [-0.05, 0) is 24.5 Å². The van der Waals surface area contributed by atoms with Gasteiger partial charge < -0.3 is 40.8 Å². The summed E-state index contributed by atoms with van der Waals surface area (Å²) in [4.78, 5) is 33.1. The number of isocyanates is 2. The quantitative estimate of drug-likeness (QED) is 0.237. The number of carboxylic acid groups (broad SMARTS) is 4. The zero-order valence-electron chi connectivity index (χ0n) is 8.28. The molecule has 0 aliphatic rings. The Bertz CT molecular complexity index is 191. The van der Waals surface area contributed by atoms with E-state index in [9.17, 15) is 0 Å². The van der Waals surface area contributed by atoms with Crippen molar-refractivity contribution < 1.29 is 39.6 Å². The predicted molar refractivity (Wildman–Crippen MR) is 46.2 cm³/mol. The average molecular weight is 324 g/mol. The molecule has 0 N–H and O–H groups in total. The Morgan fingerprint density at radius 3 is 0.706 bits per heavy atom. The van der Waals surface area contributed by atoms with Crippen molar-refractivity contribution >= 4 is 138 Å². The summed E-state index contributed by atoms with van der Waals surface area (Å²) in [6, 6.07) is 0. The van der Waals surface area contributed by atoms with Gasteiger partial charge in [-0.2, -0.15) is 0 Å². The third-order valence-corrected chi connectivity index (χ3v) is 0. The van der Waals surface area contributed by atoms with Crippen LogP contribution in [-0.2, 0) is 9.59 Å². The van der Waals surface area contributed by atoms with Crippen LogP contribution >= 0.6 is 0 Å². The molecule has 0 unspecified atom stereocenters. The summed E-state index contributed by atoms with van der Waals surface area (Å²) in [5, 5.41) is 46.9. The molecule has 0 aromatic rings. The molecule has 10 nitrogen and oxygen atoms in total. The summed E-state index contributed by atoms with van der Waals surface area (Å²) in [6.07, 6.45) is -3.67. The topological polar surface area (TPSA) is 205 Å². The van der Waals surface area contributed by atoms with E-state index in [-0.39, 0.29) is 113 Å². The number of hydrogen-bond acceptors (Lipinski definition) is 8. The predicted octanol–water partition coefficient (Wildman–Crippen LogP) is -6.25. The van der Waals surface area contributed by atoms with E-state index in [0.717, 1.165) is 0 Å². The second-order valence-electron chi connectivity index (χ2n) is 0.683. The Morgan fingerprint density at radius 2 is 0.706 bits per heavy atom. The second-order valence-corrected chi connectivity index (χ2v) is 0.683. The Labute approximate surface area is 184 Å². The SMILES string of the molecule is O=C([O-])[O-].O=C([O-])[O-].[Ca+2].[Ca+2].[Ca+2].[N-]=C=O.[N-]=C=O. The Balaban J connectivity index is -0.0000000149. The molecule has 0 fully saturated rings. The van der Waals surface area contributed by atoms with E-state index in [4.69, 9.17) is 50.4 Å². The van der Waals surface area contributed by atoms with Crippen molar-refractivity contribution in [2.75, 3.05) is 0 Å². The summed E-state index contributed by atoms with van der Waals surface area (Å²) in [5.41, 5.74) is 0. The van der Waals surface area contributed by atoms with E-state index in [1.54, 1.807) is 0 Å². The Kier molecular flexibility index (Phi) is 135. The molecule has 0 saturated carbocycles. The van der Waals surface area contributed by atoms with Crippen LogP contribution in [0, 0.1) is 0 Å². The van der Waals surface area contributed by atoms with Crippen molar-refractivity contribution in [1.29, 1.82) is 0 Å². The number of rotatable bonds is 0. The minimum Gasteiger partial charge on any atom is -0.724 e. The largest absolute Gasteiger partial charge is 2.00 e. The number of carbonyl (C=O) groups excluding carboxylic acids is 4. The average Bonchev–Trinajstić information content (AvgIpc) is 1.85. The maximum absolute atomic E-state index is 8.33. The molecule has 0 saturated heterocycles. The Morgan fingerprint density at radius 1 is 0.706 bits per heavy atom. The number of carbonyl (C=O) groups is 2. The summed E-state index contributed by atoms with van der Waals surface area (Å²) in [5.74, 6) is 0. The summed E-state index contributed by atoms with van der Waals surface area (Å²) in [7, 11) is 0. The maximum Gasteiger partial charge on any atom is 2.00 e. The smallest absolute Gasteiger partial charge is 0.724 e. The van der Waals surface area contributed by atoms with Crippen molar-refractivity contribution in [3.63, 3.8) is 0 Å². The molecule has 0 spiro atoms. The molecular formula is C4Ca3N2O8. The molecule has 80 valence electrons.